The fourth-order valence-corrected chi connectivity index (χ4v) is 3.53. The monoisotopic (exact) mass is 355 g/mol. The third-order valence-corrected chi connectivity index (χ3v) is 5.33. The van der Waals surface area contributed by atoms with Gasteiger partial charge in [-0.05, 0) is 45.2 Å². The van der Waals surface area contributed by atoms with Crippen LogP contribution in [0.1, 0.15) is 24.2 Å². The van der Waals surface area contributed by atoms with Gasteiger partial charge in [0.1, 0.15) is 0 Å². The minimum absolute atomic E-state index is 0.137. The number of hydrogen-bond acceptors (Lipinski definition) is 5. The standard InChI is InChI=1S/C16H25N3O4S/c1-12-10-19(11-13(2)23-12)9-8-18-16(20)14-4-6-15(7-5-14)24(21,22)17-3/h4-7,12-13,17H,8-11H2,1-3H3,(H,18,20). The molecule has 2 N–H and O–H groups in total. The Labute approximate surface area is 143 Å². The zero-order valence-electron chi connectivity index (χ0n) is 14.3. The number of morpholine rings is 1. The molecule has 0 bridgehead atoms. The van der Waals surface area contributed by atoms with Gasteiger partial charge in [-0.3, -0.25) is 9.69 Å². The number of benzene rings is 1. The number of nitrogens with zero attached hydrogens (tertiary/aromatic N) is 1. The maximum absolute atomic E-state index is 12.1. The summed E-state index contributed by atoms with van der Waals surface area (Å²) in [5, 5.41) is 2.86. The summed E-state index contributed by atoms with van der Waals surface area (Å²) in [5.74, 6) is -0.210. The Morgan fingerprint density at radius 2 is 1.79 bits per heavy atom. The Morgan fingerprint density at radius 3 is 2.33 bits per heavy atom. The first-order valence-corrected chi connectivity index (χ1v) is 9.50. The van der Waals surface area contributed by atoms with Gasteiger partial charge in [-0.1, -0.05) is 0 Å². The molecule has 7 nitrogen and oxygen atoms in total. The highest BCUT2D eigenvalue weighted by atomic mass is 32.2. The molecule has 1 aliphatic heterocycles. The highest BCUT2D eigenvalue weighted by Crippen LogP contribution is 2.11. The van der Waals surface area contributed by atoms with Crippen LogP contribution < -0.4 is 10.0 Å². The van der Waals surface area contributed by atoms with Crippen LogP contribution in [0.3, 0.4) is 0 Å². The van der Waals surface area contributed by atoms with E-state index in [1.165, 1.54) is 31.3 Å². The summed E-state index contributed by atoms with van der Waals surface area (Å²) >= 11 is 0. The maximum Gasteiger partial charge on any atom is 0.251 e. The van der Waals surface area contributed by atoms with E-state index in [4.69, 9.17) is 4.74 Å². The highest BCUT2D eigenvalue weighted by molar-refractivity contribution is 7.89. The molecule has 0 aliphatic carbocycles. The molecule has 24 heavy (non-hydrogen) atoms. The van der Waals surface area contributed by atoms with Crippen LogP contribution in [-0.4, -0.2) is 64.7 Å². The van der Waals surface area contributed by atoms with Gasteiger partial charge in [0.05, 0.1) is 17.1 Å². The largest absolute Gasteiger partial charge is 0.373 e. The van der Waals surface area contributed by atoms with Crippen molar-refractivity contribution in [2.45, 2.75) is 31.0 Å². The predicted octanol–water partition coefficient (Wildman–Crippen LogP) is 0.434. The molecule has 0 aromatic heterocycles. The normalized spacial score (nSPS) is 22.3. The average molecular weight is 355 g/mol. The predicted molar refractivity (Wildman–Crippen MR) is 91.5 cm³/mol. The molecule has 1 aromatic rings. The Kier molecular flexibility index (Phi) is 6.34. The molecule has 8 heteroatoms. The van der Waals surface area contributed by atoms with E-state index < -0.39 is 10.0 Å². The second-order valence-corrected chi connectivity index (χ2v) is 7.89. The summed E-state index contributed by atoms with van der Waals surface area (Å²) in [7, 11) is -2.13. The quantitative estimate of drug-likeness (QED) is 0.773. The van der Waals surface area contributed by atoms with Crippen LogP contribution in [0.5, 0.6) is 0 Å². The van der Waals surface area contributed by atoms with Crippen LogP contribution in [0.2, 0.25) is 0 Å². The molecule has 0 spiro atoms. The summed E-state index contributed by atoms with van der Waals surface area (Å²) in [6.45, 7) is 7.10. The zero-order valence-corrected chi connectivity index (χ0v) is 15.1. The Balaban J connectivity index is 1.84. The van der Waals surface area contributed by atoms with Gasteiger partial charge in [0.2, 0.25) is 10.0 Å². The van der Waals surface area contributed by atoms with Gasteiger partial charge < -0.3 is 10.1 Å². The van der Waals surface area contributed by atoms with E-state index in [0.717, 1.165) is 19.6 Å². The van der Waals surface area contributed by atoms with Gasteiger partial charge in [0.25, 0.3) is 5.91 Å². The molecule has 1 fully saturated rings. The average Bonchev–Trinajstić information content (AvgIpc) is 2.54. The van der Waals surface area contributed by atoms with Crippen molar-refractivity contribution in [3.8, 4) is 0 Å². The van der Waals surface area contributed by atoms with E-state index in [9.17, 15) is 13.2 Å². The lowest BCUT2D eigenvalue weighted by Gasteiger charge is -2.35. The van der Waals surface area contributed by atoms with E-state index in [0.29, 0.717) is 12.1 Å². The number of hydrogen-bond donors (Lipinski definition) is 2. The fourth-order valence-electron chi connectivity index (χ4n) is 2.80. The first-order valence-electron chi connectivity index (χ1n) is 8.01. The zero-order chi connectivity index (χ0) is 17.7. The second-order valence-electron chi connectivity index (χ2n) is 6.00. The summed E-state index contributed by atoms with van der Waals surface area (Å²) in [6, 6.07) is 5.87. The van der Waals surface area contributed by atoms with Gasteiger partial charge in [-0.15, -0.1) is 0 Å². The number of amides is 1. The van der Waals surface area contributed by atoms with E-state index in [1.807, 2.05) is 13.8 Å². The maximum atomic E-state index is 12.1. The Morgan fingerprint density at radius 1 is 1.21 bits per heavy atom. The van der Waals surface area contributed by atoms with Crippen LogP contribution in [-0.2, 0) is 14.8 Å². The van der Waals surface area contributed by atoms with Crippen LogP contribution in [0, 0.1) is 0 Å². The number of rotatable bonds is 6. The molecule has 1 amide bonds. The Bertz CT molecular complexity index is 650. The third kappa shape index (κ3) is 5.01. The Hall–Kier alpha value is -1.48. The van der Waals surface area contributed by atoms with Crippen molar-refractivity contribution in [3.05, 3.63) is 29.8 Å². The van der Waals surface area contributed by atoms with Gasteiger partial charge in [0.15, 0.2) is 0 Å². The van der Waals surface area contributed by atoms with Crippen LogP contribution in [0.4, 0.5) is 0 Å². The lowest BCUT2D eigenvalue weighted by molar-refractivity contribution is -0.0672. The number of carbonyl (C=O) groups excluding carboxylic acids is 1. The molecule has 2 atom stereocenters. The van der Waals surface area contributed by atoms with Gasteiger partial charge in [-0.2, -0.15) is 0 Å². The topological polar surface area (TPSA) is 87.7 Å². The number of ether oxygens (including phenoxy) is 1. The number of nitrogens with one attached hydrogen (secondary N) is 2. The van der Waals surface area contributed by atoms with E-state index >= 15 is 0 Å². The SMILES string of the molecule is CNS(=O)(=O)c1ccc(C(=O)NCCN2CC(C)OC(C)C2)cc1. The van der Waals surface area contributed by atoms with Crippen LogP contribution >= 0.6 is 0 Å². The van der Waals surface area contributed by atoms with Gasteiger partial charge >= 0.3 is 0 Å². The van der Waals surface area contributed by atoms with Crippen molar-refractivity contribution >= 4 is 15.9 Å². The van der Waals surface area contributed by atoms with E-state index in [-0.39, 0.29) is 23.0 Å². The summed E-state index contributed by atoms with van der Waals surface area (Å²) in [5.41, 5.74) is 0.439. The lowest BCUT2D eigenvalue weighted by Crippen LogP contribution is -2.47. The van der Waals surface area contributed by atoms with Gasteiger partial charge in [0, 0.05) is 31.7 Å². The van der Waals surface area contributed by atoms with E-state index in [1.54, 1.807) is 0 Å². The molecular weight excluding hydrogens is 330 g/mol. The van der Waals surface area contributed by atoms with Crippen molar-refractivity contribution in [2.24, 2.45) is 0 Å². The molecular formula is C16H25N3O4S. The molecule has 134 valence electrons. The van der Waals surface area contributed by atoms with Crippen molar-refractivity contribution in [1.82, 2.24) is 14.9 Å². The van der Waals surface area contributed by atoms with Crippen molar-refractivity contribution in [3.63, 3.8) is 0 Å². The molecule has 1 aromatic carbocycles. The summed E-state index contributed by atoms with van der Waals surface area (Å²) < 4.78 is 31.2. The molecule has 2 unspecified atom stereocenters. The van der Waals surface area contributed by atoms with Crippen LogP contribution in [0.25, 0.3) is 0 Å². The molecule has 0 radical (unpaired) electrons. The van der Waals surface area contributed by atoms with Crippen LogP contribution in [0.15, 0.2) is 29.2 Å². The minimum atomic E-state index is -3.48. The minimum Gasteiger partial charge on any atom is -0.373 e. The molecule has 2 rings (SSSR count). The molecule has 1 aliphatic rings. The lowest BCUT2D eigenvalue weighted by atomic mass is 10.2. The number of carbonyl (C=O) groups is 1. The first kappa shape index (κ1) is 18.9. The van der Waals surface area contributed by atoms with Crippen molar-refractivity contribution in [1.29, 1.82) is 0 Å². The van der Waals surface area contributed by atoms with Crippen molar-refractivity contribution in [2.75, 3.05) is 33.2 Å². The number of sulfonamides is 1. The van der Waals surface area contributed by atoms with Crippen molar-refractivity contribution < 1.29 is 17.9 Å². The molecule has 1 heterocycles. The van der Waals surface area contributed by atoms with Gasteiger partial charge in [-0.25, -0.2) is 13.1 Å². The second kappa shape index (κ2) is 8.06. The third-order valence-electron chi connectivity index (χ3n) is 3.90. The molecule has 0 saturated carbocycles. The molecule has 1 saturated heterocycles. The highest BCUT2D eigenvalue weighted by Gasteiger charge is 2.21. The fraction of sp³-hybridized carbons (Fsp3) is 0.562. The first-order chi connectivity index (χ1) is 11.3. The smallest absolute Gasteiger partial charge is 0.251 e. The summed E-state index contributed by atoms with van der Waals surface area (Å²) in [6.07, 6.45) is 0.400. The summed E-state index contributed by atoms with van der Waals surface area (Å²) in [4.78, 5) is 14.5. The van der Waals surface area contributed by atoms with E-state index in [2.05, 4.69) is 14.9 Å².